The number of hydrogen-bond donors (Lipinski definition) is 2. The fourth-order valence-electron chi connectivity index (χ4n) is 3.42. The third kappa shape index (κ3) is 6.77. The van der Waals surface area contributed by atoms with Crippen LogP contribution in [0.15, 0.2) is 77.7 Å². The zero-order chi connectivity index (χ0) is 27.1. The van der Waals surface area contributed by atoms with Crippen molar-refractivity contribution in [1.29, 1.82) is 0 Å². The summed E-state index contributed by atoms with van der Waals surface area (Å²) in [5.41, 5.74) is 1.53. The van der Waals surface area contributed by atoms with Gasteiger partial charge in [0, 0.05) is 11.4 Å². The molecule has 11 heteroatoms. The number of nitrogens with one attached hydrogen (secondary N) is 2. The Balaban J connectivity index is 1.38. The summed E-state index contributed by atoms with van der Waals surface area (Å²) in [5, 5.41) is 4.64. The smallest absolute Gasteiger partial charge is 0.294 e. The second-order valence-electron chi connectivity index (χ2n) is 7.94. The molecule has 1 heterocycles. The summed E-state index contributed by atoms with van der Waals surface area (Å²) in [7, 11) is 1.43. The Morgan fingerprint density at radius 1 is 0.921 bits per heavy atom. The maximum Gasteiger partial charge on any atom is 0.294 e. The Morgan fingerprint density at radius 3 is 2.32 bits per heavy atom. The first-order valence-corrected chi connectivity index (χ1v) is 12.1. The van der Waals surface area contributed by atoms with Gasteiger partial charge in [0.1, 0.15) is 12.4 Å². The Kier molecular flexibility index (Phi) is 8.39. The first-order valence-electron chi connectivity index (χ1n) is 11.3. The molecule has 1 saturated heterocycles. The summed E-state index contributed by atoms with van der Waals surface area (Å²) >= 11 is 0.704. The van der Waals surface area contributed by atoms with E-state index in [1.165, 1.54) is 37.5 Å². The average molecular weight is 536 g/mol. The second-order valence-corrected chi connectivity index (χ2v) is 8.93. The van der Waals surface area contributed by atoms with Crippen molar-refractivity contribution in [1.82, 2.24) is 4.90 Å². The molecule has 4 amide bonds. The number of carbonyl (C=O) groups excluding carboxylic acids is 4. The number of benzene rings is 3. The highest BCUT2D eigenvalue weighted by Gasteiger charge is 2.36. The minimum atomic E-state index is -0.619. The third-order valence-electron chi connectivity index (χ3n) is 5.21. The minimum Gasteiger partial charge on any atom is -0.493 e. The molecule has 0 atom stereocenters. The van der Waals surface area contributed by atoms with Crippen molar-refractivity contribution in [3.63, 3.8) is 0 Å². The van der Waals surface area contributed by atoms with Crippen molar-refractivity contribution < 1.29 is 33.0 Å². The lowest BCUT2D eigenvalue weighted by Gasteiger charge is -2.12. The summed E-state index contributed by atoms with van der Waals surface area (Å²) < 4.78 is 24.0. The summed E-state index contributed by atoms with van der Waals surface area (Å²) in [6.45, 7) is -0.732. The van der Waals surface area contributed by atoms with Crippen LogP contribution in [0.5, 0.6) is 11.5 Å². The monoisotopic (exact) mass is 535 g/mol. The lowest BCUT2D eigenvalue weighted by molar-refractivity contribution is -0.127. The highest BCUT2D eigenvalue weighted by atomic mass is 32.2. The lowest BCUT2D eigenvalue weighted by atomic mass is 10.2. The molecule has 0 aromatic heterocycles. The van der Waals surface area contributed by atoms with Gasteiger partial charge in [-0.15, -0.1) is 0 Å². The predicted octanol–water partition coefficient (Wildman–Crippen LogP) is 4.53. The highest BCUT2D eigenvalue weighted by Crippen LogP contribution is 2.34. The van der Waals surface area contributed by atoms with Gasteiger partial charge in [-0.1, -0.05) is 24.3 Å². The summed E-state index contributed by atoms with van der Waals surface area (Å²) in [6, 6.07) is 18.9. The van der Waals surface area contributed by atoms with Gasteiger partial charge < -0.3 is 20.1 Å². The van der Waals surface area contributed by atoms with E-state index in [0.29, 0.717) is 40.2 Å². The van der Waals surface area contributed by atoms with E-state index in [1.54, 1.807) is 42.5 Å². The van der Waals surface area contributed by atoms with Crippen molar-refractivity contribution in [2.24, 2.45) is 0 Å². The molecule has 2 N–H and O–H groups in total. The number of imide groups is 1. The Labute approximate surface area is 221 Å². The number of para-hydroxylation sites is 1. The van der Waals surface area contributed by atoms with Crippen LogP contribution in [0.25, 0.3) is 6.08 Å². The molecule has 0 saturated carbocycles. The van der Waals surface area contributed by atoms with Crippen molar-refractivity contribution >= 4 is 52.2 Å². The number of carbonyl (C=O) groups is 4. The van der Waals surface area contributed by atoms with Gasteiger partial charge >= 0.3 is 0 Å². The van der Waals surface area contributed by atoms with Crippen LogP contribution in [0.4, 0.5) is 20.6 Å². The summed E-state index contributed by atoms with van der Waals surface area (Å²) in [6.07, 6.45) is 1.50. The first kappa shape index (κ1) is 26.4. The molecule has 0 unspecified atom stereocenters. The molecule has 0 radical (unpaired) electrons. The number of ether oxygens (including phenoxy) is 2. The quantitative estimate of drug-likeness (QED) is 0.387. The number of amides is 4. The van der Waals surface area contributed by atoms with Crippen LogP contribution in [0.2, 0.25) is 0 Å². The van der Waals surface area contributed by atoms with Gasteiger partial charge in [-0.3, -0.25) is 24.1 Å². The molecule has 9 nitrogen and oxygen atoms in total. The van der Waals surface area contributed by atoms with E-state index in [-0.39, 0.29) is 17.4 Å². The lowest BCUT2D eigenvalue weighted by Crippen LogP contribution is -2.36. The standard InChI is InChI=1S/C27H22FN3O6S/c1-36-22-13-17(7-12-21(22)37-16-25(33)30-19-5-3-2-4-6-19)14-23-26(34)31(27(35)38-23)15-24(32)29-20-10-8-18(28)9-11-20/h2-14H,15-16H2,1H3,(H,29,32)(H,30,33)/b23-14-. The molecule has 1 fully saturated rings. The minimum absolute atomic E-state index is 0.127. The van der Waals surface area contributed by atoms with Gasteiger partial charge in [0.15, 0.2) is 18.1 Å². The second kappa shape index (κ2) is 12.1. The van der Waals surface area contributed by atoms with E-state index < -0.39 is 29.4 Å². The zero-order valence-corrected chi connectivity index (χ0v) is 20.9. The van der Waals surface area contributed by atoms with E-state index in [9.17, 15) is 23.6 Å². The van der Waals surface area contributed by atoms with Crippen LogP contribution >= 0.6 is 11.8 Å². The molecule has 0 bridgehead atoms. The van der Waals surface area contributed by atoms with Crippen LogP contribution < -0.4 is 20.1 Å². The predicted molar refractivity (Wildman–Crippen MR) is 141 cm³/mol. The van der Waals surface area contributed by atoms with E-state index in [0.717, 1.165) is 4.90 Å². The van der Waals surface area contributed by atoms with Crippen LogP contribution in [-0.2, 0) is 14.4 Å². The van der Waals surface area contributed by atoms with Gasteiger partial charge in [0.25, 0.3) is 17.1 Å². The van der Waals surface area contributed by atoms with Crippen LogP contribution in [0.3, 0.4) is 0 Å². The van der Waals surface area contributed by atoms with Gasteiger partial charge in [0.05, 0.1) is 12.0 Å². The number of thioether (sulfide) groups is 1. The number of rotatable bonds is 9. The van der Waals surface area contributed by atoms with Gasteiger partial charge in [0.2, 0.25) is 5.91 Å². The molecule has 1 aliphatic rings. The van der Waals surface area contributed by atoms with E-state index >= 15 is 0 Å². The number of anilines is 2. The topological polar surface area (TPSA) is 114 Å². The largest absolute Gasteiger partial charge is 0.493 e. The SMILES string of the molecule is COc1cc(/C=C2\SC(=O)N(CC(=O)Nc3ccc(F)cc3)C2=O)ccc1OCC(=O)Nc1ccccc1. The van der Waals surface area contributed by atoms with Crippen molar-refractivity contribution in [2.45, 2.75) is 0 Å². The zero-order valence-electron chi connectivity index (χ0n) is 20.1. The maximum atomic E-state index is 13.0. The van der Waals surface area contributed by atoms with Crippen LogP contribution in [0.1, 0.15) is 5.56 Å². The molecule has 4 rings (SSSR count). The normalized spacial score (nSPS) is 13.9. The third-order valence-corrected chi connectivity index (χ3v) is 6.11. The number of halogens is 1. The Morgan fingerprint density at radius 2 is 1.61 bits per heavy atom. The molecular weight excluding hydrogens is 513 g/mol. The number of hydrogen-bond acceptors (Lipinski definition) is 7. The molecule has 0 spiro atoms. The van der Waals surface area contributed by atoms with Crippen LogP contribution in [-0.4, -0.2) is 48.1 Å². The number of methoxy groups -OCH3 is 1. The molecule has 1 aliphatic heterocycles. The van der Waals surface area contributed by atoms with Crippen molar-refractivity contribution in [2.75, 3.05) is 30.9 Å². The maximum absolute atomic E-state index is 13.0. The highest BCUT2D eigenvalue weighted by molar-refractivity contribution is 8.18. The molecule has 38 heavy (non-hydrogen) atoms. The Bertz CT molecular complexity index is 1400. The fourth-order valence-corrected chi connectivity index (χ4v) is 4.26. The van der Waals surface area contributed by atoms with Gasteiger partial charge in [-0.05, 0) is 71.9 Å². The molecule has 3 aromatic rings. The van der Waals surface area contributed by atoms with Crippen molar-refractivity contribution in [3.05, 3.63) is 89.1 Å². The van der Waals surface area contributed by atoms with Crippen LogP contribution in [0, 0.1) is 5.82 Å². The molecule has 3 aromatic carbocycles. The Hall–Kier alpha value is -4.64. The van der Waals surface area contributed by atoms with E-state index in [4.69, 9.17) is 9.47 Å². The molecule has 0 aliphatic carbocycles. The average Bonchev–Trinajstić information content (AvgIpc) is 3.16. The number of nitrogens with zero attached hydrogens (tertiary/aromatic N) is 1. The molecule has 194 valence electrons. The molecular formula is C27H22FN3O6S. The fraction of sp³-hybridized carbons (Fsp3) is 0.111. The van der Waals surface area contributed by atoms with Gasteiger partial charge in [-0.2, -0.15) is 0 Å². The van der Waals surface area contributed by atoms with E-state index in [1.807, 2.05) is 6.07 Å². The first-order chi connectivity index (χ1) is 18.3. The van der Waals surface area contributed by atoms with E-state index in [2.05, 4.69) is 10.6 Å². The summed E-state index contributed by atoms with van der Waals surface area (Å²) in [5.74, 6) is -1.38. The van der Waals surface area contributed by atoms with Crippen molar-refractivity contribution in [3.8, 4) is 11.5 Å². The van der Waals surface area contributed by atoms with Gasteiger partial charge in [-0.25, -0.2) is 4.39 Å². The summed E-state index contributed by atoms with van der Waals surface area (Å²) in [4.78, 5) is 50.6.